The van der Waals surface area contributed by atoms with Crippen LogP contribution in [0, 0.1) is 5.92 Å². The highest BCUT2D eigenvalue weighted by Crippen LogP contribution is 2.24. The van der Waals surface area contributed by atoms with E-state index in [0.29, 0.717) is 11.6 Å². The van der Waals surface area contributed by atoms with E-state index in [1.807, 2.05) is 12.1 Å². The van der Waals surface area contributed by atoms with Crippen LogP contribution < -0.4 is 5.73 Å². The molecule has 1 aromatic carbocycles. The number of piperidine rings is 1. The normalized spacial score (nSPS) is 21.1. The van der Waals surface area contributed by atoms with E-state index in [1.165, 1.54) is 12.8 Å². The van der Waals surface area contributed by atoms with Crippen LogP contribution in [0.4, 0.5) is 5.69 Å². The molecule has 1 aliphatic heterocycles. The Labute approximate surface area is 108 Å². The summed E-state index contributed by atoms with van der Waals surface area (Å²) in [5.41, 5.74) is 7.27. The standard InChI is InChI=1S/C14H22N2O2/c15-13-8-12(3-4-14(13)18)10-16-6-1-2-11(9-16)5-7-17/h3-4,8,11,17-18H,1-2,5-7,9-10,15H2. The zero-order valence-corrected chi connectivity index (χ0v) is 10.7. The highest BCUT2D eigenvalue weighted by molar-refractivity contribution is 5.53. The minimum atomic E-state index is 0.149. The molecule has 18 heavy (non-hydrogen) atoms. The molecule has 1 aliphatic rings. The van der Waals surface area contributed by atoms with E-state index in [0.717, 1.165) is 31.6 Å². The Hall–Kier alpha value is -1.26. The zero-order valence-electron chi connectivity index (χ0n) is 10.7. The first-order valence-electron chi connectivity index (χ1n) is 6.59. The van der Waals surface area contributed by atoms with Crippen molar-refractivity contribution < 1.29 is 10.2 Å². The van der Waals surface area contributed by atoms with Crippen molar-refractivity contribution in [2.24, 2.45) is 5.92 Å². The topological polar surface area (TPSA) is 69.7 Å². The van der Waals surface area contributed by atoms with Gasteiger partial charge in [0.2, 0.25) is 0 Å². The third kappa shape index (κ3) is 3.37. The lowest BCUT2D eigenvalue weighted by atomic mass is 9.95. The summed E-state index contributed by atoms with van der Waals surface area (Å²) in [7, 11) is 0. The molecule has 1 fully saturated rings. The second kappa shape index (κ2) is 6.07. The van der Waals surface area contributed by atoms with Crippen molar-refractivity contribution in [3.63, 3.8) is 0 Å². The molecule has 100 valence electrons. The predicted octanol–water partition coefficient (Wildman–Crippen LogP) is 1.57. The van der Waals surface area contributed by atoms with Crippen molar-refractivity contribution in [2.45, 2.75) is 25.8 Å². The van der Waals surface area contributed by atoms with Gasteiger partial charge < -0.3 is 15.9 Å². The van der Waals surface area contributed by atoms with Gasteiger partial charge in [0.15, 0.2) is 0 Å². The second-order valence-corrected chi connectivity index (χ2v) is 5.15. The lowest BCUT2D eigenvalue weighted by Gasteiger charge is -2.32. The van der Waals surface area contributed by atoms with Crippen molar-refractivity contribution >= 4 is 5.69 Å². The number of aromatic hydroxyl groups is 1. The summed E-state index contributed by atoms with van der Waals surface area (Å²) in [5.74, 6) is 0.758. The highest BCUT2D eigenvalue weighted by atomic mass is 16.3. The molecule has 1 aromatic rings. The number of nitrogens with two attached hydrogens (primary N) is 1. The van der Waals surface area contributed by atoms with Gasteiger partial charge >= 0.3 is 0 Å². The Kier molecular flexibility index (Phi) is 4.44. The maximum atomic E-state index is 9.40. The van der Waals surface area contributed by atoms with Crippen LogP contribution in [0.5, 0.6) is 5.75 Å². The molecule has 0 aromatic heterocycles. The molecule has 1 saturated heterocycles. The third-order valence-electron chi connectivity index (χ3n) is 3.64. The molecule has 4 nitrogen and oxygen atoms in total. The Morgan fingerprint density at radius 2 is 2.22 bits per heavy atom. The summed E-state index contributed by atoms with van der Waals surface area (Å²) in [5, 5.41) is 18.4. The van der Waals surface area contributed by atoms with Gasteiger partial charge in [0.25, 0.3) is 0 Å². The number of phenolic OH excluding ortho intramolecular Hbond substituents is 1. The van der Waals surface area contributed by atoms with E-state index in [1.54, 1.807) is 6.07 Å². The van der Waals surface area contributed by atoms with Crippen LogP contribution in [0.1, 0.15) is 24.8 Å². The number of aliphatic hydroxyl groups excluding tert-OH is 1. The highest BCUT2D eigenvalue weighted by Gasteiger charge is 2.19. The lowest BCUT2D eigenvalue weighted by Crippen LogP contribution is -2.35. The molecule has 4 heteroatoms. The van der Waals surface area contributed by atoms with Crippen LogP contribution in [-0.2, 0) is 6.54 Å². The van der Waals surface area contributed by atoms with Gasteiger partial charge in [0.05, 0.1) is 5.69 Å². The molecular formula is C14H22N2O2. The van der Waals surface area contributed by atoms with Crippen LogP contribution in [0.2, 0.25) is 0 Å². The average Bonchev–Trinajstić information content (AvgIpc) is 2.35. The molecule has 0 bridgehead atoms. The van der Waals surface area contributed by atoms with Crippen LogP contribution in [-0.4, -0.2) is 34.8 Å². The first-order valence-corrected chi connectivity index (χ1v) is 6.59. The van der Waals surface area contributed by atoms with Gasteiger partial charge in [-0.3, -0.25) is 4.90 Å². The SMILES string of the molecule is Nc1cc(CN2CCCC(CCO)C2)ccc1O. The minimum Gasteiger partial charge on any atom is -0.506 e. The molecule has 0 radical (unpaired) electrons. The van der Waals surface area contributed by atoms with E-state index in [-0.39, 0.29) is 12.4 Å². The molecule has 0 saturated carbocycles. The Balaban J connectivity index is 1.93. The van der Waals surface area contributed by atoms with Gasteiger partial charge in [-0.1, -0.05) is 6.07 Å². The van der Waals surface area contributed by atoms with Gasteiger partial charge in [-0.2, -0.15) is 0 Å². The van der Waals surface area contributed by atoms with E-state index in [4.69, 9.17) is 10.8 Å². The third-order valence-corrected chi connectivity index (χ3v) is 3.64. The van der Waals surface area contributed by atoms with Crippen LogP contribution in [0.25, 0.3) is 0 Å². The Morgan fingerprint density at radius 1 is 1.39 bits per heavy atom. The van der Waals surface area contributed by atoms with Crippen molar-refractivity contribution in [2.75, 3.05) is 25.4 Å². The number of hydrogen-bond acceptors (Lipinski definition) is 4. The lowest BCUT2D eigenvalue weighted by molar-refractivity contribution is 0.142. The number of benzene rings is 1. The molecule has 0 spiro atoms. The Bertz CT molecular complexity index is 393. The second-order valence-electron chi connectivity index (χ2n) is 5.15. The van der Waals surface area contributed by atoms with Crippen LogP contribution >= 0.6 is 0 Å². The van der Waals surface area contributed by atoms with E-state index in [9.17, 15) is 5.11 Å². The fraction of sp³-hybridized carbons (Fsp3) is 0.571. The van der Waals surface area contributed by atoms with Crippen molar-refractivity contribution in [1.29, 1.82) is 0 Å². The molecule has 0 aliphatic carbocycles. The fourth-order valence-corrected chi connectivity index (χ4v) is 2.67. The quantitative estimate of drug-likeness (QED) is 0.560. The van der Waals surface area contributed by atoms with E-state index >= 15 is 0 Å². The average molecular weight is 250 g/mol. The summed E-state index contributed by atoms with van der Waals surface area (Å²) in [4.78, 5) is 2.40. The number of nitrogen functional groups attached to an aromatic ring is 1. The number of anilines is 1. The first-order chi connectivity index (χ1) is 8.69. The van der Waals surface area contributed by atoms with E-state index < -0.39 is 0 Å². The largest absolute Gasteiger partial charge is 0.506 e. The van der Waals surface area contributed by atoms with E-state index in [2.05, 4.69) is 4.90 Å². The number of hydrogen-bond donors (Lipinski definition) is 3. The molecular weight excluding hydrogens is 228 g/mol. The van der Waals surface area contributed by atoms with Gasteiger partial charge in [-0.05, 0) is 49.4 Å². The maximum absolute atomic E-state index is 9.40. The summed E-state index contributed by atoms with van der Waals surface area (Å²) in [6.07, 6.45) is 3.31. The van der Waals surface area contributed by atoms with Crippen molar-refractivity contribution in [3.8, 4) is 5.75 Å². The summed E-state index contributed by atoms with van der Waals surface area (Å²) < 4.78 is 0. The van der Waals surface area contributed by atoms with Gasteiger partial charge in [-0.15, -0.1) is 0 Å². The minimum absolute atomic E-state index is 0.149. The first kappa shape index (κ1) is 13.2. The summed E-state index contributed by atoms with van der Waals surface area (Å²) in [6, 6.07) is 5.41. The molecule has 0 amide bonds. The number of nitrogens with zero attached hydrogens (tertiary/aromatic N) is 1. The predicted molar refractivity (Wildman–Crippen MR) is 72.2 cm³/mol. The van der Waals surface area contributed by atoms with Crippen LogP contribution in [0.15, 0.2) is 18.2 Å². The number of phenols is 1. The zero-order chi connectivity index (χ0) is 13.0. The Morgan fingerprint density at radius 3 is 2.94 bits per heavy atom. The molecule has 1 atom stereocenters. The van der Waals surface area contributed by atoms with Crippen LogP contribution in [0.3, 0.4) is 0 Å². The summed E-state index contributed by atoms with van der Waals surface area (Å²) >= 11 is 0. The molecule has 4 N–H and O–H groups in total. The molecule has 1 unspecified atom stereocenters. The number of likely N-dealkylation sites (tertiary alicyclic amines) is 1. The maximum Gasteiger partial charge on any atom is 0.138 e. The summed E-state index contributed by atoms with van der Waals surface area (Å²) in [6.45, 7) is 3.29. The molecule has 2 rings (SSSR count). The van der Waals surface area contributed by atoms with Gasteiger partial charge in [0.1, 0.15) is 5.75 Å². The number of rotatable bonds is 4. The molecule has 1 heterocycles. The van der Waals surface area contributed by atoms with Gasteiger partial charge in [0, 0.05) is 19.7 Å². The fourth-order valence-electron chi connectivity index (χ4n) is 2.67. The van der Waals surface area contributed by atoms with Gasteiger partial charge in [-0.25, -0.2) is 0 Å². The monoisotopic (exact) mass is 250 g/mol. The number of aliphatic hydroxyl groups is 1. The van der Waals surface area contributed by atoms with Crippen molar-refractivity contribution in [1.82, 2.24) is 4.90 Å². The smallest absolute Gasteiger partial charge is 0.138 e. The van der Waals surface area contributed by atoms with Crippen molar-refractivity contribution in [3.05, 3.63) is 23.8 Å².